The van der Waals surface area contributed by atoms with Crippen LogP contribution in [0.25, 0.3) is 0 Å². The van der Waals surface area contributed by atoms with Gasteiger partial charge < -0.3 is 19.3 Å². The Labute approximate surface area is 138 Å². The van der Waals surface area contributed by atoms with Crippen LogP contribution in [0.4, 0.5) is 0 Å². The summed E-state index contributed by atoms with van der Waals surface area (Å²) in [4.78, 5) is 0. The Morgan fingerprint density at radius 3 is 2.83 bits per heavy atom. The van der Waals surface area contributed by atoms with E-state index in [4.69, 9.17) is 14.2 Å². The molecule has 2 aliphatic rings. The molecule has 0 saturated carbocycles. The van der Waals surface area contributed by atoms with Crippen molar-refractivity contribution in [3.63, 3.8) is 0 Å². The molecule has 0 spiro atoms. The molecule has 4 nitrogen and oxygen atoms in total. The fourth-order valence-electron chi connectivity index (χ4n) is 3.83. The molecular formula is C19H26O4. The predicted molar refractivity (Wildman–Crippen MR) is 89.4 cm³/mol. The van der Waals surface area contributed by atoms with Crippen molar-refractivity contribution in [2.45, 2.75) is 45.1 Å². The van der Waals surface area contributed by atoms with Gasteiger partial charge in [-0.1, -0.05) is 11.6 Å². The topological polar surface area (TPSA) is 47.9 Å². The Hall–Kier alpha value is -1.68. The summed E-state index contributed by atoms with van der Waals surface area (Å²) in [5.74, 6) is 2.19. The summed E-state index contributed by atoms with van der Waals surface area (Å²) in [6.07, 6.45) is 4.48. The van der Waals surface area contributed by atoms with Crippen molar-refractivity contribution < 1.29 is 19.3 Å². The van der Waals surface area contributed by atoms with Gasteiger partial charge in [-0.3, -0.25) is 0 Å². The molecule has 1 N–H and O–H groups in total. The third kappa shape index (κ3) is 3.05. The molecule has 3 rings (SSSR count). The molecule has 0 saturated heterocycles. The van der Waals surface area contributed by atoms with Gasteiger partial charge in [0.15, 0.2) is 0 Å². The summed E-state index contributed by atoms with van der Waals surface area (Å²) < 4.78 is 16.9. The Balaban J connectivity index is 1.99. The molecule has 0 radical (unpaired) electrons. The first-order valence-electron chi connectivity index (χ1n) is 8.27. The van der Waals surface area contributed by atoms with Crippen LogP contribution in [0.15, 0.2) is 23.8 Å². The van der Waals surface area contributed by atoms with Crippen molar-refractivity contribution in [3.8, 4) is 17.2 Å². The number of hydrogen-bond donors (Lipinski definition) is 1. The molecule has 1 aliphatic carbocycles. The van der Waals surface area contributed by atoms with Crippen molar-refractivity contribution in [2.75, 3.05) is 20.3 Å². The number of fused-ring (bicyclic) bond motifs is 3. The molecular weight excluding hydrogens is 292 g/mol. The van der Waals surface area contributed by atoms with Gasteiger partial charge in [0.25, 0.3) is 0 Å². The molecule has 1 heterocycles. The lowest BCUT2D eigenvalue weighted by Gasteiger charge is -2.46. The monoisotopic (exact) mass is 318 g/mol. The van der Waals surface area contributed by atoms with Crippen molar-refractivity contribution >= 4 is 0 Å². The summed E-state index contributed by atoms with van der Waals surface area (Å²) in [6, 6.07) is 3.57. The second-order valence-corrected chi connectivity index (χ2v) is 7.08. The van der Waals surface area contributed by atoms with Gasteiger partial charge in [0.2, 0.25) is 0 Å². The first-order chi connectivity index (χ1) is 10.9. The van der Waals surface area contributed by atoms with E-state index in [9.17, 15) is 5.11 Å². The second kappa shape index (κ2) is 6.08. The quantitative estimate of drug-likeness (QED) is 0.672. The van der Waals surface area contributed by atoms with Gasteiger partial charge in [-0.2, -0.15) is 0 Å². The first kappa shape index (κ1) is 16.2. The lowest BCUT2D eigenvalue weighted by molar-refractivity contribution is 0.0105. The minimum Gasteiger partial charge on any atom is -0.507 e. The minimum absolute atomic E-state index is 0.204. The van der Waals surface area contributed by atoms with Crippen molar-refractivity contribution in [3.05, 3.63) is 29.3 Å². The average molecular weight is 318 g/mol. The van der Waals surface area contributed by atoms with Crippen LogP contribution in [-0.2, 0) is 4.74 Å². The summed E-state index contributed by atoms with van der Waals surface area (Å²) in [7, 11) is 1.64. The van der Waals surface area contributed by atoms with E-state index in [2.05, 4.69) is 26.8 Å². The van der Waals surface area contributed by atoms with Gasteiger partial charge in [0.1, 0.15) is 29.5 Å². The molecule has 0 aromatic heterocycles. The zero-order valence-corrected chi connectivity index (χ0v) is 14.4. The van der Waals surface area contributed by atoms with E-state index in [0.29, 0.717) is 24.9 Å². The van der Waals surface area contributed by atoms with Crippen LogP contribution >= 0.6 is 0 Å². The Morgan fingerprint density at radius 1 is 1.30 bits per heavy atom. The highest BCUT2D eigenvalue weighted by molar-refractivity contribution is 5.55. The number of allylic oxidation sites excluding steroid dienone is 2. The Kier molecular flexibility index (Phi) is 4.28. The van der Waals surface area contributed by atoms with E-state index < -0.39 is 0 Å². The number of rotatable bonds is 4. The number of aromatic hydroxyl groups is 1. The maximum absolute atomic E-state index is 10.6. The zero-order valence-electron chi connectivity index (χ0n) is 14.4. The number of methoxy groups -OCH3 is 1. The van der Waals surface area contributed by atoms with Crippen LogP contribution in [0.3, 0.4) is 0 Å². The van der Waals surface area contributed by atoms with Crippen LogP contribution < -0.4 is 9.47 Å². The molecule has 0 fully saturated rings. The molecule has 1 aromatic carbocycles. The Bertz CT molecular complexity index is 618. The summed E-state index contributed by atoms with van der Waals surface area (Å²) in [5.41, 5.74) is 2.02. The SMILES string of the molecule is COCCOc1cc(O)c2c(c1)OC(C)(C)C1CCC(C)=CC21. The highest BCUT2D eigenvalue weighted by atomic mass is 16.5. The van der Waals surface area contributed by atoms with Crippen LogP contribution in [0.2, 0.25) is 0 Å². The molecule has 0 bridgehead atoms. The van der Waals surface area contributed by atoms with E-state index in [-0.39, 0.29) is 17.3 Å². The van der Waals surface area contributed by atoms with E-state index in [1.54, 1.807) is 13.2 Å². The van der Waals surface area contributed by atoms with Gasteiger partial charge in [0, 0.05) is 36.6 Å². The lowest BCUT2D eigenvalue weighted by atomic mass is 9.68. The number of hydrogen-bond acceptors (Lipinski definition) is 4. The average Bonchev–Trinajstić information content (AvgIpc) is 2.46. The second-order valence-electron chi connectivity index (χ2n) is 7.08. The van der Waals surface area contributed by atoms with Gasteiger partial charge in [0.05, 0.1) is 6.61 Å². The van der Waals surface area contributed by atoms with E-state index in [1.807, 2.05) is 6.07 Å². The number of benzene rings is 1. The molecule has 1 aromatic rings. The summed E-state index contributed by atoms with van der Waals surface area (Å²) in [5, 5.41) is 10.6. The number of phenols is 1. The highest BCUT2D eigenvalue weighted by Crippen LogP contribution is 2.54. The van der Waals surface area contributed by atoms with Crippen LogP contribution in [0.1, 0.15) is 45.1 Å². The number of ether oxygens (including phenoxy) is 3. The Morgan fingerprint density at radius 2 is 2.09 bits per heavy atom. The first-order valence-corrected chi connectivity index (χ1v) is 8.27. The zero-order chi connectivity index (χ0) is 16.6. The maximum Gasteiger partial charge on any atom is 0.131 e. The smallest absolute Gasteiger partial charge is 0.131 e. The molecule has 2 unspecified atom stereocenters. The van der Waals surface area contributed by atoms with E-state index in [1.165, 1.54) is 5.57 Å². The van der Waals surface area contributed by atoms with Crippen molar-refractivity contribution in [2.24, 2.45) is 5.92 Å². The largest absolute Gasteiger partial charge is 0.507 e. The highest BCUT2D eigenvalue weighted by Gasteiger charge is 2.45. The fourth-order valence-corrected chi connectivity index (χ4v) is 3.83. The van der Waals surface area contributed by atoms with Crippen LogP contribution in [0.5, 0.6) is 17.2 Å². The van der Waals surface area contributed by atoms with Crippen molar-refractivity contribution in [1.82, 2.24) is 0 Å². The van der Waals surface area contributed by atoms with Gasteiger partial charge in [-0.15, -0.1) is 0 Å². The standard InChI is InChI=1S/C19H26O4/c1-12-5-6-15-14(9-12)18-16(20)10-13(22-8-7-21-4)11-17(18)23-19(15,2)3/h9-11,14-15,20H,5-8H2,1-4H3. The van der Waals surface area contributed by atoms with Gasteiger partial charge in [-0.25, -0.2) is 0 Å². The summed E-state index contributed by atoms with van der Waals surface area (Å²) >= 11 is 0. The van der Waals surface area contributed by atoms with Crippen molar-refractivity contribution in [1.29, 1.82) is 0 Å². The summed E-state index contributed by atoms with van der Waals surface area (Å²) in [6.45, 7) is 7.40. The van der Waals surface area contributed by atoms with E-state index >= 15 is 0 Å². The molecule has 0 amide bonds. The third-order valence-electron chi connectivity index (χ3n) is 5.00. The number of phenolic OH excluding ortho intramolecular Hbond substituents is 1. The third-order valence-corrected chi connectivity index (χ3v) is 5.00. The lowest BCUT2D eigenvalue weighted by Crippen LogP contribution is -2.45. The predicted octanol–water partition coefficient (Wildman–Crippen LogP) is 4.03. The molecule has 126 valence electrons. The molecule has 2 atom stereocenters. The normalized spacial score (nSPS) is 25.0. The van der Waals surface area contributed by atoms with Crippen LogP contribution in [0, 0.1) is 5.92 Å². The van der Waals surface area contributed by atoms with E-state index in [0.717, 1.165) is 24.2 Å². The van der Waals surface area contributed by atoms with Crippen LogP contribution in [-0.4, -0.2) is 31.0 Å². The van der Waals surface area contributed by atoms with Gasteiger partial charge >= 0.3 is 0 Å². The maximum atomic E-state index is 10.6. The fraction of sp³-hybridized carbons (Fsp3) is 0.579. The molecule has 1 aliphatic heterocycles. The minimum atomic E-state index is -0.257. The molecule has 23 heavy (non-hydrogen) atoms. The molecule has 4 heteroatoms. The van der Waals surface area contributed by atoms with Gasteiger partial charge in [-0.05, 0) is 33.6 Å².